The second kappa shape index (κ2) is 6.38. The van der Waals surface area contributed by atoms with Crippen LogP contribution in [-0.2, 0) is 6.54 Å². The number of nitrogens with zero attached hydrogens (tertiary/aromatic N) is 3. The minimum Gasteiger partial charge on any atom is -0.399 e. The topological polar surface area (TPSA) is 47.1 Å². The molecule has 0 radical (unpaired) electrons. The van der Waals surface area contributed by atoms with E-state index in [9.17, 15) is 0 Å². The number of nitrogens with two attached hydrogens (primary N) is 1. The molecule has 0 bridgehead atoms. The fraction of sp³-hybridized carbons (Fsp3) is 0.400. The van der Waals surface area contributed by atoms with Crippen molar-refractivity contribution in [3.63, 3.8) is 0 Å². The zero-order chi connectivity index (χ0) is 13.7. The lowest BCUT2D eigenvalue weighted by molar-refractivity contribution is 0.291. The standard InChI is InChI=1S/C15H22N4/c1-3-18(4-2)11-12-19-10-9-17-15(19)13-5-7-14(16)8-6-13/h5-10H,3-4,11-12,16H2,1-2H3. The van der Waals surface area contributed by atoms with Crippen molar-refractivity contribution in [1.29, 1.82) is 0 Å². The molecular weight excluding hydrogens is 236 g/mol. The number of hydrogen-bond acceptors (Lipinski definition) is 3. The number of nitrogen functional groups attached to an aromatic ring is 1. The maximum Gasteiger partial charge on any atom is 0.139 e. The monoisotopic (exact) mass is 258 g/mol. The Morgan fingerprint density at radius 1 is 1.16 bits per heavy atom. The van der Waals surface area contributed by atoms with E-state index in [1.165, 1.54) is 0 Å². The number of anilines is 1. The summed E-state index contributed by atoms with van der Waals surface area (Å²) < 4.78 is 2.20. The van der Waals surface area contributed by atoms with Gasteiger partial charge in [0, 0.05) is 36.7 Å². The van der Waals surface area contributed by atoms with Gasteiger partial charge in [-0.1, -0.05) is 13.8 Å². The van der Waals surface area contributed by atoms with Crippen molar-refractivity contribution < 1.29 is 0 Å². The SMILES string of the molecule is CCN(CC)CCn1ccnc1-c1ccc(N)cc1. The zero-order valence-electron chi connectivity index (χ0n) is 11.7. The van der Waals surface area contributed by atoms with Gasteiger partial charge in [-0.3, -0.25) is 0 Å². The van der Waals surface area contributed by atoms with Gasteiger partial charge in [-0.25, -0.2) is 4.98 Å². The number of likely N-dealkylation sites (N-methyl/N-ethyl adjacent to an activating group) is 1. The van der Waals surface area contributed by atoms with Crippen LogP contribution >= 0.6 is 0 Å². The van der Waals surface area contributed by atoms with Gasteiger partial charge in [-0.05, 0) is 37.4 Å². The first-order valence-corrected chi connectivity index (χ1v) is 6.84. The maximum absolute atomic E-state index is 5.72. The zero-order valence-corrected chi connectivity index (χ0v) is 11.7. The molecule has 0 saturated heterocycles. The van der Waals surface area contributed by atoms with Crippen molar-refractivity contribution in [1.82, 2.24) is 14.5 Å². The molecule has 102 valence electrons. The van der Waals surface area contributed by atoms with Crippen molar-refractivity contribution >= 4 is 5.69 Å². The minimum absolute atomic E-state index is 0.782. The summed E-state index contributed by atoms with van der Waals surface area (Å²) in [5, 5.41) is 0. The molecule has 2 rings (SSSR count). The van der Waals surface area contributed by atoms with Gasteiger partial charge in [-0.15, -0.1) is 0 Å². The molecule has 1 heterocycles. The molecule has 19 heavy (non-hydrogen) atoms. The Morgan fingerprint density at radius 2 is 1.84 bits per heavy atom. The molecule has 0 spiro atoms. The summed E-state index contributed by atoms with van der Waals surface area (Å²) in [5.74, 6) is 1.01. The lowest BCUT2D eigenvalue weighted by Gasteiger charge is -2.18. The van der Waals surface area contributed by atoms with Crippen LogP contribution in [0.15, 0.2) is 36.7 Å². The van der Waals surface area contributed by atoms with Gasteiger partial charge >= 0.3 is 0 Å². The summed E-state index contributed by atoms with van der Waals surface area (Å²) in [7, 11) is 0. The average molecular weight is 258 g/mol. The van der Waals surface area contributed by atoms with E-state index in [2.05, 4.69) is 28.3 Å². The second-order valence-corrected chi connectivity index (χ2v) is 4.59. The predicted octanol–water partition coefficient (Wildman–Crippen LogP) is 2.47. The Labute approximate surface area is 114 Å². The Hall–Kier alpha value is -1.81. The number of rotatable bonds is 6. The van der Waals surface area contributed by atoms with E-state index in [1.807, 2.05) is 36.7 Å². The molecule has 0 aliphatic rings. The van der Waals surface area contributed by atoms with Crippen molar-refractivity contribution in [3.05, 3.63) is 36.7 Å². The smallest absolute Gasteiger partial charge is 0.139 e. The van der Waals surface area contributed by atoms with E-state index >= 15 is 0 Å². The minimum atomic E-state index is 0.782. The first-order chi connectivity index (χ1) is 9.24. The van der Waals surface area contributed by atoms with Crippen molar-refractivity contribution in [2.75, 3.05) is 25.4 Å². The quantitative estimate of drug-likeness (QED) is 0.810. The highest BCUT2D eigenvalue weighted by Gasteiger charge is 2.07. The van der Waals surface area contributed by atoms with Crippen LogP contribution in [0.4, 0.5) is 5.69 Å². The number of imidazole rings is 1. The van der Waals surface area contributed by atoms with Gasteiger partial charge in [0.1, 0.15) is 5.82 Å². The van der Waals surface area contributed by atoms with E-state index in [1.54, 1.807) is 0 Å². The molecule has 0 amide bonds. The fourth-order valence-electron chi connectivity index (χ4n) is 2.17. The van der Waals surface area contributed by atoms with Crippen LogP contribution in [0.25, 0.3) is 11.4 Å². The Bertz CT molecular complexity index is 497. The predicted molar refractivity (Wildman–Crippen MR) is 79.9 cm³/mol. The number of benzene rings is 1. The van der Waals surface area contributed by atoms with E-state index in [-0.39, 0.29) is 0 Å². The highest BCUT2D eigenvalue weighted by molar-refractivity contribution is 5.59. The number of aromatic nitrogens is 2. The molecule has 1 aromatic carbocycles. The molecule has 0 aliphatic carbocycles. The van der Waals surface area contributed by atoms with E-state index in [0.717, 1.165) is 43.3 Å². The Balaban J connectivity index is 2.11. The third kappa shape index (κ3) is 3.35. The molecule has 0 atom stereocenters. The van der Waals surface area contributed by atoms with Crippen molar-refractivity contribution in [2.45, 2.75) is 20.4 Å². The van der Waals surface area contributed by atoms with Gasteiger partial charge < -0.3 is 15.2 Å². The molecule has 1 aromatic heterocycles. The lowest BCUT2D eigenvalue weighted by atomic mass is 10.2. The highest BCUT2D eigenvalue weighted by atomic mass is 15.2. The van der Waals surface area contributed by atoms with E-state index in [4.69, 9.17) is 5.73 Å². The average Bonchev–Trinajstić information content (AvgIpc) is 2.89. The van der Waals surface area contributed by atoms with E-state index in [0.29, 0.717) is 0 Å². The molecule has 2 aromatic rings. The van der Waals surface area contributed by atoms with Crippen LogP contribution in [0.2, 0.25) is 0 Å². The van der Waals surface area contributed by atoms with Crippen LogP contribution < -0.4 is 5.73 Å². The number of hydrogen-bond donors (Lipinski definition) is 1. The van der Waals surface area contributed by atoms with Crippen LogP contribution in [0, 0.1) is 0 Å². The summed E-state index contributed by atoms with van der Waals surface area (Å²) in [4.78, 5) is 6.86. The molecular formula is C15H22N4. The molecule has 0 saturated carbocycles. The van der Waals surface area contributed by atoms with Crippen LogP contribution in [0.3, 0.4) is 0 Å². The second-order valence-electron chi connectivity index (χ2n) is 4.59. The van der Waals surface area contributed by atoms with Crippen LogP contribution in [0.1, 0.15) is 13.8 Å². The first-order valence-electron chi connectivity index (χ1n) is 6.84. The van der Waals surface area contributed by atoms with Crippen molar-refractivity contribution in [2.24, 2.45) is 0 Å². The van der Waals surface area contributed by atoms with Crippen LogP contribution in [-0.4, -0.2) is 34.1 Å². The summed E-state index contributed by atoms with van der Waals surface area (Å²) in [5.41, 5.74) is 7.61. The maximum atomic E-state index is 5.72. The normalized spacial score (nSPS) is 11.1. The Morgan fingerprint density at radius 3 is 2.47 bits per heavy atom. The van der Waals surface area contributed by atoms with E-state index < -0.39 is 0 Å². The largest absolute Gasteiger partial charge is 0.399 e. The molecule has 0 aliphatic heterocycles. The molecule has 0 fully saturated rings. The third-order valence-corrected chi connectivity index (χ3v) is 3.44. The Kier molecular flexibility index (Phi) is 4.58. The molecule has 4 heteroatoms. The van der Waals surface area contributed by atoms with Crippen LogP contribution in [0.5, 0.6) is 0 Å². The summed E-state index contributed by atoms with van der Waals surface area (Å²) in [6, 6.07) is 7.87. The van der Waals surface area contributed by atoms with Gasteiger partial charge in [-0.2, -0.15) is 0 Å². The summed E-state index contributed by atoms with van der Waals surface area (Å²) in [6.07, 6.45) is 3.89. The first kappa shape index (κ1) is 13.6. The van der Waals surface area contributed by atoms with Crippen molar-refractivity contribution in [3.8, 4) is 11.4 Å². The third-order valence-electron chi connectivity index (χ3n) is 3.44. The summed E-state index contributed by atoms with van der Waals surface area (Å²) in [6.45, 7) is 8.56. The van der Waals surface area contributed by atoms with Gasteiger partial charge in [0.05, 0.1) is 0 Å². The fourth-order valence-corrected chi connectivity index (χ4v) is 2.17. The van der Waals surface area contributed by atoms with Gasteiger partial charge in [0.25, 0.3) is 0 Å². The van der Waals surface area contributed by atoms with Gasteiger partial charge in [0.15, 0.2) is 0 Å². The van der Waals surface area contributed by atoms with Gasteiger partial charge in [0.2, 0.25) is 0 Å². The molecule has 4 nitrogen and oxygen atoms in total. The lowest BCUT2D eigenvalue weighted by Crippen LogP contribution is -2.27. The highest BCUT2D eigenvalue weighted by Crippen LogP contribution is 2.18. The summed E-state index contributed by atoms with van der Waals surface area (Å²) >= 11 is 0. The molecule has 2 N–H and O–H groups in total. The molecule has 0 unspecified atom stereocenters.